The highest BCUT2D eigenvalue weighted by Crippen LogP contribution is 2.23. The quantitative estimate of drug-likeness (QED) is 0.447. The average Bonchev–Trinajstić information content (AvgIpc) is 3.09. The van der Waals surface area contributed by atoms with Crippen LogP contribution in [-0.2, 0) is 9.63 Å². The first kappa shape index (κ1) is 19.3. The number of carbonyl (C=O) groups is 1. The van der Waals surface area contributed by atoms with E-state index in [1.807, 2.05) is 12.1 Å². The van der Waals surface area contributed by atoms with Crippen LogP contribution in [0.3, 0.4) is 0 Å². The number of rotatable bonds is 7. The highest BCUT2D eigenvalue weighted by atomic mass is 32.1. The normalized spacial score (nSPS) is 15.5. The van der Waals surface area contributed by atoms with Crippen LogP contribution in [0, 0.1) is 13.8 Å². The minimum atomic E-state index is -0.839. The van der Waals surface area contributed by atoms with Gasteiger partial charge >= 0.3 is 5.97 Å². The predicted octanol–water partition coefficient (Wildman–Crippen LogP) is 3.85. The molecule has 0 fully saturated rings. The molecule has 5 nitrogen and oxygen atoms in total. The third-order valence-electron chi connectivity index (χ3n) is 4.64. The summed E-state index contributed by atoms with van der Waals surface area (Å²) < 4.78 is 0. The first-order chi connectivity index (χ1) is 13.1. The number of thiophene rings is 1. The fourth-order valence-electron chi connectivity index (χ4n) is 3.10. The number of oxime groups is 1. The van der Waals surface area contributed by atoms with Gasteiger partial charge in [-0.15, -0.1) is 11.3 Å². The van der Waals surface area contributed by atoms with Crippen molar-refractivity contribution in [2.75, 3.05) is 26.2 Å². The number of hydrogen-bond donors (Lipinski definition) is 1. The zero-order valence-electron chi connectivity index (χ0n) is 15.6. The van der Waals surface area contributed by atoms with Gasteiger partial charge in [0.15, 0.2) is 0 Å². The van der Waals surface area contributed by atoms with Crippen LogP contribution in [0.25, 0.3) is 0 Å². The van der Waals surface area contributed by atoms with Crippen LogP contribution in [0.2, 0.25) is 0 Å². The SMILES string of the molecule is Cc1ccccc1/C(=N\OCCN1CCC=C(C(=O)O)C1)c1sccc1C. The van der Waals surface area contributed by atoms with Crippen molar-refractivity contribution >= 4 is 23.0 Å². The molecule has 0 bridgehead atoms. The summed E-state index contributed by atoms with van der Waals surface area (Å²) in [5, 5.41) is 15.7. The van der Waals surface area contributed by atoms with Crippen molar-refractivity contribution in [2.24, 2.45) is 5.16 Å². The number of hydrogen-bond acceptors (Lipinski definition) is 5. The van der Waals surface area contributed by atoms with Gasteiger partial charge in [0.25, 0.3) is 0 Å². The summed E-state index contributed by atoms with van der Waals surface area (Å²) in [6, 6.07) is 10.2. The van der Waals surface area contributed by atoms with Crippen molar-refractivity contribution in [3.05, 3.63) is 68.9 Å². The Bertz CT molecular complexity index is 870. The van der Waals surface area contributed by atoms with Gasteiger partial charge in [0.2, 0.25) is 0 Å². The number of nitrogens with zero attached hydrogens (tertiary/aromatic N) is 2. The molecule has 1 aliphatic rings. The second-order valence-corrected chi connectivity index (χ2v) is 7.54. The van der Waals surface area contributed by atoms with E-state index < -0.39 is 5.97 Å². The van der Waals surface area contributed by atoms with Crippen LogP contribution in [-0.4, -0.2) is 47.9 Å². The molecular formula is C21H24N2O3S. The van der Waals surface area contributed by atoms with Gasteiger partial charge in [-0.1, -0.05) is 35.5 Å². The van der Waals surface area contributed by atoms with E-state index in [9.17, 15) is 4.79 Å². The largest absolute Gasteiger partial charge is 0.478 e. The molecule has 0 radical (unpaired) electrons. The van der Waals surface area contributed by atoms with Crippen LogP contribution in [0.4, 0.5) is 0 Å². The molecule has 27 heavy (non-hydrogen) atoms. The van der Waals surface area contributed by atoms with E-state index in [2.05, 4.69) is 47.5 Å². The molecular weight excluding hydrogens is 360 g/mol. The summed E-state index contributed by atoms with van der Waals surface area (Å²) in [6.07, 6.45) is 2.56. The van der Waals surface area contributed by atoms with Crippen molar-refractivity contribution in [3.63, 3.8) is 0 Å². The summed E-state index contributed by atoms with van der Waals surface area (Å²) in [4.78, 5) is 20.0. The van der Waals surface area contributed by atoms with Gasteiger partial charge in [-0.3, -0.25) is 4.90 Å². The number of benzene rings is 1. The number of aryl methyl sites for hydroxylation is 2. The van der Waals surface area contributed by atoms with E-state index in [0.717, 1.165) is 34.7 Å². The molecule has 142 valence electrons. The molecule has 0 aliphatic carbocycles. The second kappa shape index (κ2) is 8.97. The summed E-state index contributed by atoms with van der Waals surface area (Å²) >= 11 is 1.66. The first-order valence-electron chi connectivity index (χ1n) is 9.01. The van der Waals surface area contributed by atoms with Gasteiger partial charge in [-0.2, -0.15) is 0 Å². The molecule has 0 saturated heterocycles. The van der Waals surface area contributed by atoms with E-state index in [4.69, 9.17) is 9.94 Å². The maximum atomic E-state index is 11.1. The fourth-order valence-corrected chi connectivity index (χ4v) is 4.02. The topological polar surface area (TPSA) is 62.1 Å². The lowest BCUT2D eigenvalue weighted by Crippen LogP contribution is -2.34. The molecule has 6 heteroatoms. The lowest BCUT2D eigenvalue weighted by Gasteiger charge is -2.24. The molecule has 2 aromatic rings. The van der Waals surface area contributed by atoms with Crippen LogP contribution in [0.15, 0.2) is 52.5 Å². The number of carboxylic acid groups (broad SMARTS) is 1. The zero-order valence-corrected chi connectivity index (χ0v) is 16.5. The molecule has 1 aliphatic heterocycles. The van der Waals surface area contributed by atoms with E-state index in [-0.39, 0.29) is 0 Å². The molecule has 2 heterocycles. The van der Waals surface area contributed by atoms with Crippen molar-refractivity contribution in [1.82, 2.24) is 4.90 Å². The highest BCUT2D eigenvalue weighted by molar-refractivity contribution is 7.12. The van der Waals surface area contributed by atoms with Gasteiger partial charge in [0.1, 0.15) is 12.3 Å². The maximum Gasteiger partial charge on any atom is 0.332 e. The Morgan fingerprint density at radius 1 is 1.26 bits per heavy atom. The Morgan fingerprint density at radius 3 is 2.78 bits per heavy atom. The summed E-state index contributed by atoms with van der Waals surface area (Å²) in [5.74, 6) is -0.839. The van der Waals surface area contributed by atoms with Crippen molar-refractivity contribution in [2.45, 2.75) is 20.3 Å². The Balaban J connectivity index is 1.68. The van der Waals surface area contributed by atoms with Gasteiger partial charge in [-0.25, -0.2) is 4.79 Å². The number of carboxylic acids is 1. The van der Waals surface area contributed by atoms with Gasteiger partial charge in [0.05, 0.1) is 4.88 Å². The minimum Gasteiger partial charge on any atom is -0.478 e. The van der Waals surface area contributed by atoms with E-state index >= 15 is 0 Å². The Hall–Kier alpha value is -2.44. The second-order valence-electron chi connectivity index (χ2n) is 6.62. The molecule has 0 atom stereocenters. The zero-order chi connectivity index (χ0) is 19.2. The molecule has 0 spiro atoms. The molecule has 1 aromatic carbocycles. The average molecular weight is 385 g/mol. The smallest absolute Gasteiger partial charge is 0.332 e. The summed E-state index contributed by atoms with van der Waals surface area (Å²) in [5.41, 5.74) is 4.71. The monoisotopic (exact) mass is 384 g/mol. The summed E-state index contributed by atoms with van der Waals surface area (Å²) in [7, 11) is 0. The Morgan fingerprint density at radius 2 is 2.07 bits per heavy atom. The number of aliphatic carboxylic acids is 1. The van der Waals surface area contributed by atoms with Crippen LogP contribution in [0.5, 0.6) is 0 Å². The van der Waals surface area contributed by atoms with Crippen molar-refractivity contribution in [1.29, 1.82) is 0 Å². The molecule has 3 rings (SSSR count). The lowest BCUT2D eigenvalue weighted by molar-refractivity contribution is -0.133. The summed E-state index contributed by atoms with van der Waals surface area (Å²) in [6.45, 7) is 6.52. The standard InChI is InChI=1S/C21H24N2O3S/c1-15-6-3-4-8-18(15)19(20-16(2)9-13-27-20)22-26-12-11-23-10-5-7-17(14-23)21(24)25/h3-4,6-9,13H,5,10-12,14H2,1-2H3,(H,24,25)/b22-19+. The van der Waals surface area contributed by atoms with E-state index in [1.165, 1.54) is 5.56 Å². The molecule has 0 amide bonds. The van der Waals surface area contributed by atoms with Crippen LogP contribution in [0.1, 0.15) is 28.0 Å². The van der Waals surface area contributed by atoms with Gasteiger partial charge in [-0.05, 0) is 42.8 Å². The van der Waals surface area contributed by atoms with Crippen LogP contribution >= 0.6 is 11.3 Å². The first-order valence-corrected chi connectivity index (χ1v) is 9.89. The molecule has 1 aromatic heterocycles. The molecule has 1 N–H and O–H groups in total. The third kappa shape index (κ3) is 4.84. The van der Waals surface area contributed by atoms with Crippen LogP contribution < -0.4 is 0 Å². The fraction of sp³-hybridized carbons (Fsp3) is 0.333. The van der Waals surface area contributed by atoms with Crippen molar-refractivity contribution < 1.29 is 14.7 Å². The molecule has 0 saturated carbocycles. The van der Waals surface area contributed by atoms with E-state index in [0.29, 0.717) is 25.3 Å². The minimum absolute atomic E-state index is 0.423. The van der Waals surface area contributed by atoms with Crippen molar-refractivity contribution in [3.8, 4) is 0 Å². The lowest BCUT2D eigenvalue weighted by atomic mass is 10.0. The Kier molecular flexibility index (Phi) is 6.42. The predicted molar refractivity (Wildman–Crippen MR) is 109 cm³/mol. The molecule has 0 unspecified atom stereocenters. The van der Waals surface area contributed by atoms with E-state index in [1.54, 1.807) is 17.4 Å². The van der Waals surface area contributed by atoms with Gasteiger partial charge in [0, 0.05) is 30.8 Å². The maximum absolute atomic E-state index is 11.1. The Labute approximate surface area is 163 Å². The third-order valence-corrected chi connectivity index (χ3v) is 5.66. The van der Waals surface area contributed by atoms with Gasteiger partial charge < -0.3 is 9.94 Å². The highest BCUT2D eigenvalue weighted by Gasteiger charge is 2.18.